The van der Waals surface area contributed by atoms with Crippen LogP contribution in [-0.2, 0) is 20.8 Å². The summed E-state index contributed by atoms with van der Waals surface area (Å²) in [5.74, 6) is -1.38. The molecule has 1 aliphatic heterocycles. The van der Waals surface area contributed by atoms with Gasteiger partial charge in [0.15, 0.2) is 0 Å². The van der Waals surface area contributed by atoms with Gasteiger partial charge in [0.05, 0.1) is 6.10 Å². The molecule has 6 atom stereocenters. The predicted octanol–water partition coefficient (Wildman–Crippen LogP) is 4.04. The van der Waals surface area contributed by atoms with E-state index >= 15 is 0 Å². The molecule has 1 fully saturated rings. The van der Waals surface area contributed by atoms with Gasteiger partial charge in [0.2, 0.25) is 5.91 Å². The summed E-state index contributed by atoms with van der Waals surface area (Å²) in [6, 6.07) is 7.76. The number of ketones is 2. The minimum absolute atomic E-state index is 0.0265. The summed E-state index contributed by atoms with van der Waals surface area (Å²) in [6.07, 6.45) is 6.73. The largest absolute Gasteiger partial charge is 0.388 e. The number of aliphatic hydroxyl groups excluding tert-OH is 1. The fraction of sp³-hybridized carbons (Fsp3) is 0.483. The first-order chi connectivity index (χ1) is 16.7. The Kier molecular flexibility index (Phi) is 6.04. The zero-order chi connectivity index (χ0) is 24.9. The molecule has 0 radical (unpaired) electrons. The number of para-hydroxylation sites is 1. The minimum atomic E-state index is -1.41. The van der Waals surface area contributed by atoms with Crippen LogP contribution < -0.4 is 5.32 Å². The van der Waals surface area contributed by atoms with E-state index in [4.69, 9.17) is 0 Å². The van der Waals surface area contributed by atoms with Crippen molar-refractivity contribution in [2.75, 3.05) is 0 Å². The van der Waals surface area contributed by atoms with Crippen LogP contribution in [0.5, 0.6) is 0 Å². The Balaban J connectivity index is 1.62. The summed E-state index contributed by atoms with van der Waals surface area (Å²) < 4.78 is 0. The van der Waals surface area contributed by atoms with Crippen LogP contribution in [0.1, 0.15) is 52.0 Å². The molecule has 6 nitrogen and oxygen atoms in total. The van der Waals surface area contributed by atoms with Crippen molar-refractivity contribution in [2.45, 2.75) is 65.0 Å². The molecular weight excluding hydrogens is 440 g/mol. The molecule has 2 heterocycles. The van der Waals surface area contributed by atoms with E-state index in [-0.39, 0.29) is 48.2 Å². The molecule has 1 saturated heterocycles. The zero-order valence-corrected chi connectivity index (χ0v) is 20.6. The number of aliphatic hydroxyl groups is 1. The second-order valence-corrected chi connectivity index (χ2v) is 10.8. The Morgan fingerprint density at radius 3 is 2.66 bits per heavy atom. The van der Waals surface area contributed by atoms with E-state index in [2.05, 4.69) is 16.4 Å². The first kappa shape index (κ1) is 23.7. The van der Waals surface area contributed by atoms with Gasteiger partial charge in [-0.1, -0.05) is 42.8 Å². The first-order valence-electron chi connectivity index (χ1n) is 12.7. The summed E-state index contributed by atoms with van der Waals surface area (Å²) in [5.41, 5.74) is 2.42. The maximum atomic E-state index is 14.0. The molecule has 1 aromatic heterocycles. The number of Topliss-reactive ketones (excluding diaryl/α,β-unsaturated/α-hetero) is 2. The third-order valence-electron chi connectivity index (χ3n) is 8.65. The van der Waals surface area contributed by atoms with Crippen molar-refractivity contribution >= 4 is 28.4 Å². The number of allylic oxidation sites excluding steroid dienone is 1. The summed E-state index contributed by atoms with van der Waals surface area (Å²) in [4.78, 5) is 43.7. The van der Waals surface area contributed by atoms with E-state index in [0.29, 0.717) is 19.3 Å². The van der Waals surface area contributed by atoms with Gasteiger partial charge in [-0.3, -0.25) is 14.4 Å². The highest BCUT2D eigenvalue weighted by atomic mass is 16.3. The molecule has 5 rings (SSSR count). The van der Waals surface area contributed by atoms with E-state index in [9.17, 15) is 19.5 Å². The van der Waals surface area contributed by atoms with Crippen LogP contribution in [0.25, 0.3) is 10.9 Å². The number of nitrogens with one attached hydrogen (secondary N) is 2. The van der Waals surface area contributed by atoms with E-state index in [1.165, 1.54) is 0 Å². The van der Waals surface area contributed by atoms with Crippen LogP contribution >= 0.6 is 0 Å². The maximum absolute atomic E-state index is 14.0. The average Bonchev–Trinajstić information content (AvgIpc) is 3.36. The van der Waals surface area contributed by atoms with Crippen molar-refractivity contribution in [3.05, 3.63) is 59.3 Å². The summed E-state index contributed by atoms with van der Waals surface area (Å²) in [6.45, 7) is 5.87. The van der Waals surface area contributed by atoms with Crippen molar-refractivity contribution in [2.24, 2.45) is 23.2 Å². The number of aromatic nitrogens is 1. The molecule has 1 amide bonds. The Bertz CT molecular complexity index is 1250. The predicted molar refractivity (Wildman–Crippen MR) is 135 cm³/mol. The van der Waals surface area contributed by atoms with E-state index in [0.717, 1.165) is 27.6 Å². The van der Waals surface area contributed by atoms with Gasteiger partial charge in [-0.25, -0.2) is 0 Å². The lowest BCUT2D eigenvalue weighted by molar-refractivity contribution is -0.148. The number of carbonyl (C=O) groups is 3. The molecule has 35 heavy (non-hydrogen) atoms. The Morgan fingerprint density at radius 2 is 1.86 bits per heavy atom. The van der Waals surface area contributed by atoms with Crippen molar-refractivity contribution in [3.63, 3.8) is 0 Å². The molecule has 1 aromatic carbocycles. The van der Waals surface area contributed by atoms with Gasteiger partial charge in [-0.05, 0) is 49.8 Å². The Morgan fingerprint density at radius 1 is 1.09 bits per heavy atom. The van der Waals surface area contributed by atoms with Crippen LogP contribution in [0.3, 0.4) is 0 Å². The average molecular weight is 475 g/mol. The Labute approximate surface area is 205 Å². The molecule has 2 aromatic rings. The molecule has 6 heteroatoms. The maximum Gasteiger partial charge on any atom is 0.235 e. The number of benzene rings is 1. The van der Waals surface area contributed by atoms with Gasteiger partial charge in [-0.2, -0.15) is 0 Å². The molecular formula is C29H34N2O4. The highest BCUT2D eigenvalue weighted by Gasteiger charge is 2.66. The number of rotatable bonds is 2. The zero-order valence-electron chi connectivity index (χ0n) is 20.6. The molecule has 0 bridgehead atoms. The lowest BCUT2D eigenvalue weighted by Gasteiger charge is -2.46. The van der Waals surface area contributed by atoms with Crippen molar-refractivity contribution in [3.8, 4) is 0 Å². The summed E-state index contributed by atoms with van der Waals surface area (Å²) >= 11 is 0. The summed E-state index contributed by atoms with van der Waals surface area (Å²) in [5, 5.41) is 15.6. The lowest BCUT2D eigenvalue weighted by Crippen LogP contribution is -2.55. The van der Waals surface area contributed by atoms with Gasteiger partial charge in [-0.15, -0.1) is 0 Å². The number of hydrogen-bond donors (Lipinski definition) is 3. The molecule has 184 valence electrons. The molecule has 1 spiro atoms. The summed E-state index contributed by atoms with van der Waals surface area (Å²) in [7, 11) is 0. The van der Waals surface area contributed by atoms with Gasteiger partial charge < -0.3 is 15.4 Å². The van der Waals surface area contributed by atoms with E-state index in [1.807, 2.05) is 57.3 Å². The third kappa shape index (κ3) is 3.70. The lowest BCUT2D eigenvalue weighted by atomic mass is 9.54. The topological polar surface area (TPSA) is 99.3 Å². The number of amides is 1. The van der Waals surface area contributed by atoms with Gasteiger partial charge >= 0.3 is 0 Å². The van der Waals surface area contributed by atoms with Crippen LogP contribution in [-0.4, -0.2) is 39.7 Å². The van der Waals surface area contributed by atoms with Crippen molar-refractivity contribution < 1.29 is 19.5 Å². The second kappa shape index (κ2) is 8.90. The Hall–Kier alpha value is -2.99. The van der Waals surface area contributed by atoms with E-state index < -0.39 is 17.4 Å². The fourth-order valence-electron chi connectivity index (χ4n) is 6.77. The highest BCUT2D eigenvalue weighted by Crippen LogP contribution is 2.55. The SMILES string of the molecule is CC1=C(C)[C@H]2[C@H](Cc3c[nH]c4ccccc34)NC(=O)C23C(=O)CCC(=O)C[C@@H](C)C/C=C\[C@H]3[C@@H]1O. The van der Waals surface area contributed by atoms with Crippen LogP contribution in [0.15, 0.2) is 53.8 Å². The number of carbonyl (C=O) groups excluding carboxylic acids is 3. The second-order valence-electron chi connectivity index (χ2n) is 10.8. The third-order valence-corrected chi connectivity index (χ3v) is 8.65. The fourth-order valence-corrected chi connectivity index (χ4v) is 6.77. The number of H-pyrrole nitrogens is 1. The molecule has 2 aliphatic carbocycles. The van der Waals surface area contributed by atoms with Gasteiger partial charge in [0.25, 0.3) is 0 Å². The molecule has 3 N–H and O–H groups in total. The molecule has 0 saturated carbocycles. The first-order valence-corrected chi connectivity index (χ1v) is 12.7. The normalized spacial score (nSPS) is 34.9. The number of hydrogen-bond acceptors (Lipinski definition) is 4. The van der Waals surface area contributed by atoms with Crippen LogP contribution in [0, 0.1) is 23.2 Å². The smallest absolute Gasteiger partial charge is 0.235 e. The van der Waals surface area contributed by atoms with Crippen LogP contribution in [0.2, 0.25) is 0 Å². The van der Waals surface area contributed by atoms with Crippen LogP contribution in [0.4, 0.5) is 0 Å². The van der Waals surface area contributed by atoms with E-state index in [1.54, 1.807) is 0 Å². The van der Waals surface area contributed by atoms with Crippen molar-refractivity contribution in [1.29, 1.82) is 0 Å². The van der Waals surface area contributed by atoms with Gasteiger partial charge in [0, 0.05) is 54.2 Å². The standard InChI is InChI=1S/C29H34N2O4/c1-16-7-6-9-22-27(34)18(3)17(2)26-24(14-19-15-30-23-10-5-4-8-21(19)23)31-28(35)29(22,26)25(33)12-11-20(32)13-16/h4-6,8-10,15-16,22,24,26-27,30,34H,7,11-14H2,1-3H3,(H,31,35)/b9-6-/t16-,22-,24-,26-,27+,29?/m0/s1. The quantitative estimate of drug-likeness (QED) is 0.452. The number of aromatic amines is 1. The minimum Gasteiger partial charge on any atom is -0.388 e. The highest BCUT2D eigenvalue weighted by molar-refractivity contribution is 6.10. The number of fused-ring (bicyclic) bond motifs is 1. The molecule has 3 aliphatic rings. The van der Waals surface area contributed by atoms with Gasteiger partial charge in [0.1, 0.15) is 17.0 Å². The van der Waals surface area contributed by atoms with Crippen molar-refractivity contribution in [1.82, 2.24) is 10.3 Å². The monoisotopic (exact) mass is 474 g/mol. The molecule has 1 unspecified atom stereocenters.